The zero-order valence-corrected chi connectivity index (χ0v) is 19.3. The fourth-order valence-corrected chi connectivity index (χ4v) is 4.64. The number of fused-ring (bicyclic) bond motifs is 1. The van der Waals surface area contributed by atoms with E-state index in [9.17, 15) is 0 Å². The Morgan fingerprint density at radius 1 is 1.28 bits per heavy atom. The van der Waals surface area contributed by atoms with Crippen molar-refractivity contribution >= 4 is 41.8 Å². The number of nitrogens with zero attached hydrogens (tertiary/aromatic N) is 2. The molecule has 0 N–H and O–H groups in total. The van der Waals surface area contributed by atoms with Gasteiger partial charge >= 0.3 is 0 Å². The maximum absolute atomic E-state index is 6.58. The molecule has 0 aliphatic carbocycles. The lowest BCUT2D eigenvalue weighted by Gasteiger charge is -2.37. The molecule has 0 spiro atoms. The number of ether oxygens (including phenoxy) is 1. The molecule has 0 radical (unpaired) electrons. The number of rotatable bonds is 3. The first-order chi connectivity index (χ1) is 11.6. The summed E-state index contributed by atoms with van der Waals surface area (Å²) in [6.45, 7) is 14.4. The summed E-state index contributed by atoms with van der Waals surface area (Å²) in [7, 11) is -1.86. The van der Waals surface area contributed by atoms with E-state index in [1.807, 2.05) is 0 Å². The smallest absolute Gasteiger partial charge is 0.250 e. The van der Waals surface area contributed by atoms with E-state index in [4.69, 9.17) is 14.3 Å². The molecule has 0 amide bonds. The van der Waals surface area contributed by atoms with Gasteiger partial charge in [-0.15, -0.1) is 0 Å². The van der Waals surface area contributed by atoms with Crippen molar-refractivity contribution in [1.82, 2.24) is 9.78 Å². The molecular formula is C19H29IN2O2Si. The zero-order chi connectivity index (χ0) is 18.4. The van der Waals surface area contributed by atoms with Crippen LogP contribution in [0.15, 0.2) is 12.1 Å². The quantitative estimate of drug-likeness (QED) is 0.404. The predicted octanol–water partition coefficient (Wildman–Crippen LogP) is 6.03. The number of hydrogen-bond donors (Lipinski definition) is 0. The van der Waals surface area contributed by atoms with Crippen LogP contribution in [-0.2, 0) is 4.74 Å². The summed E-state index contributed by atoms with van der Waals surface area (Å²) in [5.41, 5.74) is 2.32. The van der Waals surface area contributed by atoms with Crippen LogP contribution in [0, 0.1) is 10.6 Å². The standard InChI is InChI=1S/C19H29IN2O2Si/c1-13-11-15-14(12-16(13)24-25(5,6)19(2,3)4)18(20)21-22(15)17-9-7-8-10-23-17/h11-12,17H,7-10H2,1-6H3. The fraction of sp³-hybridized carbons (Fsp3) is 0.632. The Morgan fingerprint density at radius 2 is 2.00 bits per heavy atom. The monoisotopic (exact) mass is 472 g/mol. The van der Waals surface area contributed by atoms with E-state index in [2.05, 4.69) is 80.2 Å². The largest absolute Gasteiger partial charge is 0.543 e. The number of hydrogen-bond acceptors (Lipinski definition) is 3. The highest BCUT2D eigenvalue weighted by Crippen LogP contribution is 2.40. The first-order valence-electron chi connectivity index (χ1n) is 9.09. The number of aromatic nitrogens is 2. The van der Waals surface area contributed by atoms with Crippen LogP contribution in [0.3, 0.4) is 0 Å². The second-order valence-electron chi connectivity index (χ2n) is 8.55. The molecule has 1 atom stereocenters. The lowest BCUT2D eigenvalue weighted by atomic mass is 10.1. The van der Waals surface area contributed by atoms with Crippen LogP contribution >= 0.6 is 22.6 Å². The topological polar surface area (TPSA) is 36.3 Å². The summed E-state index contributed by atoms with van der Waals surface area (Å²) in [4.78, 5) is 0. The average Bonchev–Trinajstić information content (AvgIpc) is 2.84. The van der Waals surface area contributed by atoms with E-state index in [1.54, 1.807) is 0 Å². The van der Waals surface area contributed by atoms with Crippen molar-refractivity contribution in [3.05, 3.63) is 21.4 Å². The van der Waals surface area contributed by atoms with Gasteiger partial charge in [-0.1, -0.05) is 20.8 Å². The summed E-state index contributed by atoms with van der Waals surface area (Å²) in [6, 6.07) is 4.39. The molecule has 1 aromatic heterocycles. The van der Waals surface area contributed by atoms with Crippen molar-refractivity contribution < 1.29 is 9.16 Å². The molecular weight excluding hydrogens is 443 g/mol. The summed E-state index contributed by atoms with van der Waals surface area (Å²) >= 11 is 2.33. The van der Waals surface area contributed by atoms with Gasteiger partial charge in [0.2, 0.25) is 8.32 Å². The minimum Gasteiger partial charge on any atom is -0.543 e. The molecule has 1 aliphatic rings. The second kappa shape index (κ2) is 6.85. The van der Waals surface area contributed by atoms with Crippen LogP contribution in [0.2, 0.25) is 18.1 Å². The van der Waals surface area contributed by atoms with Gasteiger partial charge in [0, 0.05) is 12.0 Å². The lowest BCUT2D eigenvalue weighted by molar-refractivity contribution is -0.0368. The van der Waals surface area contributed by atoms with Gasteiger partial charge in [0.05, 0.1) is 5.52 Å². The lowest BCUT2D eigenvalue weighted by Crippen LogP contribution is -2.44. The van der Waals surface area contributed by atoms with E-state index in [0.717, 1.165) is 39.8 Å². The van der Waals surface area contributed by atoms with Crippen LogP contribution in [-0.4, -0.2) is 24.7 Å². The number of halogens is 1. The summed E-state index contributed by atoms with van der Waals surface area (Å²) in [6.07, 6.45) is 3.45. The Labute approximate surface area is 165 Å². The van der Waals surface area contributed by atoms with E-state index >= 15 is 0 Å². The van der Waals surface area contributed by atoms with E-state index in [-0.39, 0.29) is 11.3 Å². The van der Waals surface area contributed by atoms with Crippen LogP contribution < -0.4 is 4.43 Å². The fourth-order valence-electron chi connectivity index (χ4n) is 2.90. The zero-order valence-electron chi connectivity index (χ0n) is 16.1. The summed E-state index contributed by atoms with van der Waals surface area (Å²) < 4.78 is 15.6. The Kier molecular flexibility index (Phi) is 5.25. The van der Waals surface area contributed by atoms with Crippen molar-refractivity contribution in [3.63, 3.8) is 0 Å². The maximum Gasteiger partial charge on any atom is 0.250 e. The van der Waals surface area contributed by atoms with E-state index < -0.39 is 8.32 Å². The molecule has 0 saturated carbocycles. The Hall–Kier alpha value is -0.603. The molecule has 1 unspecified atom stereocenters. The molecule has 1 aliphatic heterocycles. The van der Waals surface area contributed by atoms with Gasteiger partial charge in [-0.2, -0.15) is 5.10 Å². The Bertz CT molecular complexity index is 774. The van der Waals surface area contributed by atoms with Gasteiger partial charge in [-0.05, 0) is 84.6 Å². The molecule has 6 heteroatoms. The first kappa shape index (κ1) is 19.2. The van der Waals surface area contributed by atoms with Gasteiger partial charge < -0.3 is 9.16 Å². The second-order valence-corrected chi connectivity index (χ2v) is 14.3. The van der Waals surface area contributed by atoms with Crippen LogP contribution in [0.5, 0.6) is 5.75 Å². The van der Waals surface area contributed by atoms with Crippen molar-refractivity contribution in [2.45, 2.75) is 71.3 Å². The van der Waals surface area contributed by atoms with Crippen molar-refractivity contribution in [2.24, 2.45) is 0 Å². The number of aryl methyl sites for hydroxylation is 1. The van der Waals surface area contributed by atoms with Gasteiger partial charge in [-0.3, -0.25) is 0 Å². The molecule has 2 aromatic rings. The van der Waals surface area contributed by atoms with Crippen molar-refractivity contribution in [2.75, 3.05) is 6.61 Å². The Morgan fingerprint density at radius 3 is 2.60 bits per heavy atom. The first-order valence-corrected chi connectivity index (χ1v) is 13.1. The highest BCUT2D eigenvalue weighted by molar-refractivity contribution is 14.1. The summed E-state index contributed by atoms with van der Waals surface area (Å²) in [5.74, 6) is 1.00. The minimum atomic E-state index is -1.86. The van der Waals surface area contributed by atoms with Crippen molar-refractivity contribution in [1.29, 1.82) is 0 Å². The van der Waals surface area contributed by atoms with Gasteiger partial charge in [0.15, 0.2) is 6.23 Å². The third kappa shape index (κ3) is 3.76. The van der Waals surface area contributed by atoms with E-state index in [0.29, 0.717) is 0 Å². The maximum atomic E-state index is 6.58. The SMILES string of the molecule is Cc1cc2c(cc1O[Si](C)(C)C(C)(C)C)c(I)nn2C1CCCCO1. The average molecular weight is 472 g/mol. The third-order valence-corrected chi connectivity index (χ3v) is 10.7. The molecule has 0 bridgehead atoms. The van der Waals surface area contributed by atoms with Crippen LogP contribution in [0.25, 0.3) is 10.9 Å². The molecule has 138 valence electrons. The molecule has 4 nitrogen and oxygen atoms in total. The molecule has 25 heavy (non-hydrogen) atoms. The molecule has 2 heterocycles. The van der Waals surface area contributed by atoms with Gasteiger partial charge in [0.25, 0.3) is 0 Å². The summed E-state index contributed by atoms with van der Waals surface area (Å²) in [5, 5.41) is 6.12. The predicted molar refractivity (Wildman–Crippen MR) is 114 cm³/mol. The third-order valence-electron chi connectivity index (χ3n) is 5.56. The van der Waals surface area contributed by atoms with E-state index in [1.165, 1.54) is 12.0 Å². The minimum absolute atomic E-state index is 0.0614. The van der Waals surface area contributed by atoms with Crippen LogP contribution in [0.4, 0.5) is 0 Å². The van der Waals surface area contributed by atoms with Gasteiger partial charge in [-0.25, -0.2) is 4.68 Å². The Balaban J connectivity index is 2.01. The highest BCUT2D eigenvalue weighted by Gasteiger charge is 2.39. The van der Waals surface area contributed by atoms with Gasteiger partial charge in [0.1, 0.15) is 9.45 Å². The molecule has 1 saturated heterocycles. The molecule has 1 aromatic carbocycles. The normalized spacial score (nSPS) is 19.4. The van der Waals surface area contributed by atoms with Crippen molar-refractivity contribution in [3.8, 4) is 5.75 Å². The highest BCUT2D eigenvalue weighted by atomic mass is 127. The van der Waals surface area contributed by atoms with Crippen LogP contribution in [0.1, 0.15) is 51.8 Å². The molecule has 1 fully saturated rings. The number of benzene rings is 1. The molecule has 3 rings (SSSR count).